The van der Waals surface area contributed by atoms with Crippen LogP contribution in [0.1, 0.15) is 17.4 Å². The van der Waals surface area contributed by atoms with Gasteiger partial charge in [0.25, 0.3) is 0 Å². The third kappa shape index (κ3) is 3.54. The Balaban J connectivity index is 2.40. The van der Waals surface area contributed by atoms with Crippen LogP contribution < -0.4 is 4.72 Å². The fraction of sp³-hybridized carbons (Fsp3) is 0.286. The predicted molar refractivity (Wildman–Crippen MR) is 88.0 cm³/mol. The molecule has 1 unspecified atom stereocenters. The number of rotatable bonds is 5. The molecule has 2 N–H and O–H groups in total. The van der Waals surface area contributed by atoms with E-state index in [2.05, 4.69) is 20.7 Å². The quantitative estimate of drug-likeness (QED) is 0.825. The van der Waals surface area contributed by atoms with Gasteiger partial charge in [-0.2, -0.15) is 4.72 Å². The van der Waals surface area contributed by atoms with Gasteiger partial charge in [0.2, 0.25) is 10.0 Å². The maximum absolute atomic E-state index is 12.6. The van der Waals surface area contributed by atoms with Crippen LogP contribution in [-0.2, 0) is 15.6 Å². The van der Waals surface area contributed by atoms with E-state index in [4.69, 9.17) is 0 Å². The summed E-state index contributed by atoms with van der Waals surface area (Å²) in [6, 6.07) is 10.6. The summed E-state index contributed by atoms with van der Waals surface area (Å²) >= 11 is 4.65. The van der Waals surface area contributed by atoms with E-state index in [1.54, 1.807) is 32.0 Å². The van der Waals surface area contributed by atoms with E-state index in [-0.39, 0.29) is 11.5 Å². The maximum atomic E-state index is 12.6. The highest BCUT2D eigenvalue weighted by atomic mass is 79.9. The number of sulfonamides is 1. The highest BCUT2D eigenvalue weighted by Crippen LogP contribution is 2.31. The average molecular weight is 390 g/mol. The summed E-state index contributed by atoms with van der Waals surface area (Å²) in [5.74, 6) is 0. The van der Waals surface area contributed by atoms with Crippen molar-refractivity contribution in [1.82, 2.24) is 4.72 Å². The molecule has 0 radical (unpaired) electrons. The Labute approximate surface area is 137 Å². The van der Waals surface area contributed by atoms with Gasteiger partial charge in [0, 0.05) is 4.88 Å². The van der Waals surface area contributed by atoms with E-state index in [9.17, 15) is 13.5 Å². The second kappa shape index (κ2) is 6.18. The normalized spacial score (nSPS) is 14.9. The molecule has 0 saturated carbocycles. The molecule has 0 amide bonds. The lowest BCUT2D eigenvalue weighted by molar-refractivity contribution is 0.196. The predicted octanol–water partition coefficient (Wildman–Crippen LogP) is 3.01. The minimum absolute atomic E-state index is 0.231. The van der Waals surface area contributed by atoms with Gasteiger partial charge in [-0.15, -0.1) is 11.3 Å². The van der Waals surface area contributed by atoms with E-state index in [0.717, 1.165) is 3.79 Å². The molecule has 114 valence electrons. The van der Waals surface area contributed by atoms with Gasteiger partial charge in [-0.25, -0.2) is 8.42 Å². The standard InChI is InChI=1S/C14H16BrNO3S2/c1-10-12(8-13(15)20-10)21(18,19)16-14(2,9-17)11-6-4-3-5-7-11/h3-8,16-17H,9H2,1-2H3. The average Bonchev–Trinajstić information content (AvgIpc) is 2.79. The van der Waals surface area contributed by atoms with Gasteiger partial charge in [-0.3, -0.25) is 0 Å². The maximum Gasteiger partial charge on any atom is 0.242 e. The molecule has 4 nitrogen and oxygen atoms in total. The molecule has 1 atom stereocenters. The van der Waals surface area contributed by atoms with Gasteiger partial charge >= 0.3 is 0 Å². The van der Waals surface area contributed by atoms with Crippen LogP contribution in [0, 0.1) is 6.92 Å². The summed E-state index contributed by atoms with van der Waals surface area (Å²) in [5, 5.41) is 9.69. The van der Waals surface area contributed by atoms with Crippen LogP contribution in [0.4, 0.5) is 0 Å². The van der Waals surface area contributed by atoms with Crippen molar-refractivity contribution in [2.45, 2.75) is 24.3 Å². The molecule has 2 aromatic rings. The van der Waals surface area contributed by atoms with Crippen molar-refractivity contribution in [2.75, 3.05) is 6.61 Å². The van der Waals surface area contributed by atoms with Crippen LogP contribution in [0.15, 0.2) is 45.1 Å². The number of aliphatic hydroxyl groups is 1. The summed E-state index contributed by atoms with van der Waals surface area (Å²) in [6.07, 6.45) is 0. The zero-order chi connectivity index (χ0) is 15.7. The van der Waals surface area contributed by atoms with E-state index < -0.39 is 15.6 Å². The first kappa shape index (κ1) is 16.6. The van der Waals surface area contributed by atoms with Gasteiger partial charge in [0.1, 0.15) is 0 Å². The van der Waals surface area contributed by atoms with E-state index in [1.807, 2.05) is 18.2 Å². The second-order valence-electron chi connectivity index (χ2n) is 4.93. The molecular weight excluding hydrogens is 374 g/mol. The molecule has 0 spiro atoms. The zero-order valence-corrected chi connectivity index (χ0v) is 14.8. The van der Waals surface area contributed by atoms with Crippen molar-refractivity contribution in [1.29, 1.82) is 0 Å². The van der Waals surface area contributed by atoms with Gasteiger partial charge in [0.05, 0.1) is 20.8 Å². The lowest BCUT2D eigenvalue weighted by Gasteiger charge is -2.29. The number of thiophene rings is 1. The van der Waals surface area contributed by atoms with Crippen molar-refractivity contribution >= 4 is 37.3 Å². The highest BCUT2D eigenvalue weighted by Gasteiger charge is 2.33. The topological polar surface area (TPSA) is 66.4 Å². The number of hydrogen-bond acceptors (Lipinski definition) is 4. The molecule has 21 heavy (non-hydrogen) atoms. The fourth-order valence-electron chi connectivity index (χ4n) is 2.04. The van der Waals surface area contributed by atoms with Gasteiger partial charge < -0.3 is 5.11 Å². The fourth-order valence-corrected chi connectivity index (χ4v) is 5.84. The molecule has 1 heterocycles. The van der Waals surface area contributed by atoms with Gasteiger partial charge in [0.15, 0.2) is 0 Å². The molecule has 0 aliphatic heterocycles. The van der Waals surface area contributed by atoms with E-state index in [1.165, 1.54) is 11.3 Å². The van der Waals surface area contributed by atoms with E-state index in [0.29, 0.717) is 10.4 Å². The van der Waals surface area contributed by atoms with Crippen LogP contribution in [-0.4, -0.2) is 20.1 Å². The molecule has 1 aromatic heterocycles. The monoisotopic (exact) mass is 389 g/mol. The third-order valence-electron chi connectivity index (χ3n) is 3.22. The van der Waals surface area contributed by atoms with Crippen molar-refractivity contribution < 1.29 is 13.5 Å². The van der Waals surface area contributed by atoms with Crippen LogP contribution in [0.2, 0.25) is 0 Å². The third-order valence-corrected chi connectivity index (χ3v) is 6.62. The molecule has 0 fully saturated rings. The molecule has 0 aliphatic carbocycles. The zero-order valence-electron chi connectivity index (χ0n) is 11.6. The van der Waals surface area contributed by atoms with Crippen molar-refractivity contribution in [3.63, 3.8) is 0 Å². The number of benzene rings is 1. The smallest absolute Gasteiger partial charge is 0.242 e. The molecule has 0 saturated heterocycles. The second-order valence-corrected chi connectivity index (χ2v) is 9.22. The molecular formula is C14H16BrNO3S2. The van der Waals surface area contributed by atoms with Crippen molar-refractivity contribution in [3.8, 4) is 0 Å². The number of halogens is 1. The SMILES string of the molecule is Cc1sc(Br)cc1S(=O)(=O)NC(C)(CO)c1ccccc1. The van der Waals surface area contributed by atoms with Crippen LogP contribution >= 0.6 is 27.3 Å². The first-order valence-electron chi connectivity index (χ1n) is 6.25. The molecule has 1 aromatic carbocycles. The van der Waals surface area contributed by atoms with Crippen LogP contribution in [0.25, 0.3) is 0 Å². The van der Waals surface area contributed by atoms with Gasteiger partial charge in [-0.1, -0.05) is 30.3 Å². The molecule has 0 bridgehead atoms. The molecule has 0 aliphatic rings. The van der Waals surface area contributed by atoms with Gasteiger partial charge in [-0.05, 0) is 41.4 Å². The minimum Gasteiger partial charge on any atom is -0.394 e. The van der Waals surface area contributed by atoms with Crippen LogP contribution in [0.5, 0.6) is 0 Å². The van der Waals surface area contributed by atoms with E-state index >= 15 is 0 Å². The number of aliphatic hydroxyl groups excluding tert-OH is 1. The summed E-state index contributed by atoms with van der Waals surface area (Å²) in [5.41, 5.74) is -0.357. The summed E-state index contributed by atoms with van der Waals surface area (Å²) < 4.78 is 28.5. The Morgan fingerprint density at radius 3 is 2.43 bits per heavy atom. The Kier molecular flexibility index (Phi) is 4.89. The number of nitrogens with one attached hydrogen (secondary N) is 1. The highest BCUT2D eigenvalue weighted by molar-refractivity contribution is 9.11. The summed E-state index contributed by atoms with van der Waals surface area (Å²) in [4.78, 5) is 0.928. The lowest BCUT2D eigenvalue weighted by atomic mass is 9.94. The van der Waals surface area contributed by atoms with Crippen molar-refractivity contribution in [2.24, 2.45) is 0 Å². The Morgan fingerprint density at radius 2 is 1.95 bits per heavy atom. The number of hydrogen-bond donors (Lipinski definition) is 2. The Bertz CT molecular complexity index is 728. The lowest BCUT2D eigenvalue weighted by Crippen LogP contribution is -2.46. The Morgan fingerprint density at radius 1 is 1.33 bits per heavy atom. The molecule has 2 rings (SSSR count). The van der Waals surface area contributed by atoms with Crippen LogP contribution in [0.3, 0.4) is 0 Å². The minimum atomic E-state index is -3.72. The molecule has 7 heteroatoms. The Hall–Kier alpha value is -0.730. The first-order chi connectivity index (χ1) is 9.78. The largest absolute Gasteiger partial charge is 0.394 e. The number of aryl methyl sites for hydroxylation is 1. The first-order valence-corrected chi connectivity index (χ1v) is 9.34. The summed E-state index contributed by atoms with van der Waals surface area (Å²) in [6.45, 7) is 3.08. The van der Waals surface area contributed by atoms with Crippen molar-refractivity contribution in [3.05, 3.63) is 50.6 Å². The summed E-state index contributed by atoms with van der Waals surface area (Å²) in [7, 11) is -3.72.